The van der Waals surface area contributed by atoms with E-state index in [-0.39, 0.29) is 5.82 Å². The zero-order valence-corrected chi connectivity index (χ0v) is 18.3. The van der Waals surface area contributed by atoms with Crippen molar-refractivity contribution in [1.29, 1.82) is 0 Å². The standard InChI is InChI=1S/C20H31FIOP/c1-3-16(10-7-14(2)22)17-11-8-15(9-12-17)13-23-18-5-4-6-19(24)20(18)21/h4-6,14-17H,3,7-13,24H2,1-2H3. The molecule has 2 rings (SSSR count). The third-order valence-electron chi connectivity index (χ3n) is 5.49. The van der Waals surface area contributed by atoms with E-state index in [4.69, 9.17) is 4.74 Å². The predicted octanol–water partition coefficient (Wildman–Crippen LogP) is 6.14. The van der Waals surface area contributed by atoms with Gasteiger partial charge in [0.25, 0.3) is 0 Å². The molecule has 1 aromatic carbocycles. The third kappa shape index (κ3) is 6.12. The van der Waals surface area contributed by atoms with E-state index in [0.717, 1.165) is 15.8 Å². The number of alkyl halides is 1. The molecule has 0 heterocycles. The monoisotopic (exact) mass is 464 g/mol. The van der Waals surface area contributed by atoms with Crippen molar-refractivity contribution in [2.45, 2.75) is 62.7 Å². The number of ether oxygens (including phenoxy) is 1. The van der Waals surface area contributed by atoms with Crippen molar-refractivity contribution in [3.8, 4) is 5.75 Å². The van der Waals surface area contributed by atoms with Crippen LogP contribution < -0.4 is 10.0 Å². The Morgan fingerprint density at radius 1 is 1.25 bits per heavy atom. The molecule has 1 aliphatic carbocycles. The van der Waals surface area contributed by atoms with Crippen molar-refractivity contribution in [2.24, 2.45) is 17.8 Å². The summed E-state index contributed by atoms with van der Waals surface area (Å²) in [6.07, 6.45) is 9.10. The summed E-state index contributed by atoms with van der Waals surface area (Å²) in [5, 5.41) is 0.575. The molecule has 1 fully saturated rings. The van der Waals surface area contributed by atoms with Gasteiger partial charge in [0.1, 0.15) is 0 Å². The third-order valence-corrected chi connectivity index (χ3v) is 6.55. The lowest BCUT2D eigenvalue weighted by Gasteiger charge is -2.33. The fourth-order valence-corrected chi connectivity index (χ4v) is 4.50. The normalized spacial score (nSPS) is 23.7. The zero-order valence-electron chi connectivity index (χ0n) is 14.9. The summed E-state index contributed by atoms with van der Waals surface area (Å²) >= 11 is 2.54. The molecular formula is C20H31FIOP. The van der Waals surface area contributed by atoms with Crippen LogP contribution in [0.25, 0.3) is 0 Å². The van der Waals surface area contributed by atoms with Crippen LogP contribution in [0, 0.1) is 23.6 Å². The fraction of sp³-hybridized carbons (Fsp3) is 0.700. The lowest BCUT2D eigenvalue weighted by molar-refractivity contribution is 0.145. The summed E-state index contributed by atoms with van der Waals surface area (Å²) in [6, 6.07) is 5.32. The first-order chi connectivity index (χ1) is 11.5. The largest absolute Gasteiger partial charge is 0.490 e. The van der Waals surface area contributed by atoms with Crippen LogP contribution in [0.5, 0.6) is 5.75 Å². The summed E-state index contributed by atoms with van der Waals surface area (Å²) in [4.78, 5) is 0. The average Bonchev–Trinajstić information content (AvgIpc) is 2.57. The molecule has 24 heavy (non-hydrogen) atoms. The van der Waals surface area contributed by atoms with Crippen LogP contribution in [-0.4, -0.2) is 10.5 Å². The van der Waals surface area contributed by atoms with E-state index in [2.05, 4.69) is 45.7 Å². The first-order valence-electron chi connectivity index (χ1n) is 9.32. The Morgan fingerprint density at radius 3 is 2.58 bits per heavy atom. The van der Waals surface area contributed by atoms with Crippen LogP contribution in [-0.2, 0) is 0 Å². The summed E-state index contributed by atoms with van der Waals surface area (Å²) in [5.41, 5.74) is 0. The molecule has 0 saturated heterocycles. The Kier molecular flexibility index (Phi) is 8.77. The van der Waals surface area contributed by atoms with Crippen molar-refractivity contribution in [3.05, 3.63) is 24.0 Å². The molecule has 0 radical (unpaired) electrons. The highest BCUT2D eigenvalue weighted by Gasteiger charge is 2.27. The minimum Gasteiger partial charge on any atom is -0.490 e. The van der Waals surface area contributed by atoms with E-state index in [1.807, 2.05) is 6.07 Å². The van der Waals surface area contributed by atoms with E-state index in [1.165, 1.54) is 44.9 Å². The van der Waals surface area contributed by atoms with Crippen LogP contribution in [0.1, 0.15) is 58.8 Å². The fourth-order valence-electron chi connectivity index (χ4n) is 3.89. The van der Waals surface area contributed by atoms with Crippen molar-refractivity contribution in [1.82, 2.24) is 0 Å². The Balaban J connectivity index is 1.77. The summed E-state index contributed by atoms with van der Waals surface area (Å²) < 4.78 is 20.5. The summed E-state index contributed by atoms with van der Waals surface area (Å²) in [7, 11) is 2.42. The van der Waals surface area contributed by atoms with Gasteiger partial charge in [-0.1, -0.05) is 55.0 Å². The van der Waals surface area contributed by atoms with Crippen LogP contribution in [0.2, 0.25) is 0 Å². The second-order valence-electron chi connectivity index (χ2n) is 7.28. The highest BCUT2D eigenvalue weighted by Crippen LogP contribution is 2.37. The van der Waals surface area contributed by atoms with Gasteiger partial charge < -0.3 is 4.74 Å². The maximum Gasteiger partial charge on any atom is 0.172 e. The number of benzene rings is 1. The quantitative estimate of drug-likeness (QED) is 0.255. The summed E-state index contributed by atoms with van der Waals surface area (Å²) in [5.74, 6) is 2.50. The Morgan fingerprint density at radius 2 is 1.96 bits per heavy atom. The molecule has 0 bridgehead atoms. The smallest absolute Gasteiger partial charge is 0.172 e. The minimum atomic E-state index is -0.241. The lowest BCUT2D eigenvalue weighted by Crippen LogP contribution is -2.25. The van der Waals surface area contributed by atoms with Gasteiger partial charge in [0.05, 0.1) is 6.61 Å². The highest BCUT2D eigenvalue weighted by atomic mass is 127. The highest BCUT2D eigenvalue weighted by molar-refractivity contribution is 14.1. The molecule has 4 heteroatoms. The number of halogens is 2. The van der Waals surface area contributed by atoms with Gasteiger partial charge in [0, 0.05) is 9.23 Å². The van der Waals surface area contributed by atoms with Gasteiger partial charge in [-0.2, -0.15) is 0 Å². The van der Waals surface area contributed by atoms with Gasteiger partial charge in [-0.25, -0.2) is 4.39 Å². The molecular weight excluding hydrogens is 433 g/mol. The Bertz CT molecular complexity index is 500. The molecule has 0 aliphatic heterocycles. The topological polar surface area (TPSA) is 9.23 Å². The van der Waals surface area contributed by atoms with Gasteiger partial charge >= 0.3 is 0 Å². The van der Waals surface area contributed by atoms with Gasteiger partial charge in [-0.3, -0.25) is 0 Å². The van der Waals surface area contributed by atoms with Crippen molar-refractivity contribution < 1.29 is 9.13 Å². The van der Waals surface area contributed by atoms with Gasteiger partial charge in [0.15, 0.2) is 11.6 Å². The van der Waals surface area contributed by atoms with Crippen molar-refractivity contribution in [2.75, 3.05) is 6.61 Å². The SMILES string of the molecule is CCC(CCC(C)I)C1CCC(COc2cccc(P)c2F)CC1. The molecule has 0 amide bonds. The number of hydrogen-bond donors (Lipinski definition) is 0. The summed E-state index contributed by atoms with van der Waals surface area (Å²) in [6.45, 7) is 5.31. The molecule has 0 spiro atoms. The molecule has 3 atom stereocenters. The zero-order chi connectivity index (χ0) is 17.5. The Labute approximate surface area is 162 Å². The van der Waals surface area contributed by atoms with Gasteiger partial charge in [-0.15, -0.1) is 9.24 Å². The second kappa shape index (κ2) is 10.3. The molecule has 1 nitrogen and oxygen atoms in total. The molecule has 3 unspecified atom stereocenters. The first-order valence-corrected chi connectivity index (χ1v) is 11.1. The van der Waals surface area contributed by atoms with Crippen LogP contribution in [0.3, 0.4) is 0 Å². The molecule has 0 aromatic heterocycles. The number of rotatable bonds is 8. The van der Waals surface area contributed by atoms with Crippen LogP contribution >= 0.6 is 31.8 Å². The van der Waals surface area contributed by atoms with E-state index < -0.39 is 0 Å². The lowest BCUT2D eigenvalue weighted by atomic mass is 9.73. The van der Waals surface area contributed by atoms with Crippen molar-refractivity contribution in [3.63, 3.8) is 0 Å². The second-order valence-corrected chi connectivity index (χ2v) is 10.0. The maximum absolute atomic E-state index is 14.0. The molecule has 136 valence electrons. The molecule has 1 saturated carbocycles. The molecule has 1 aromatic rings. The molecule has 1 aliphatic rings. The first kappa shape index (κ1) is 20.4. The maximum atomic E-state index is 14.0. The minimum absolute atomic E-state index is 0.241. The Hall–Kier alpha value is 0.110. The average molecular weight is 464 g/mol. The molecule has 0 N–H and O–H groups in total. The van der Waals surface area contributed by atoms with Crippen LogP contribution in [0.4, 0.5) is 4.39 Å². The van der Waals surface area contributed by atoms with E-state index in [1.54, 1.807) is 12.1 Å². The van der Waals surface area contributed by atoms with Crippen LogP contribution in [0.15, 0.2) is 18.2 Å². The predicted molar refractivity (Wildman–Crippen MR) is 113 cm³/mol. The van der Waals surface area contributed by atoms with E-state index in [0.29, 0.717) is 23.6 Å². The van der Waals surface area contributed by atoms with Gasteiger partial charge in [0.2, 0.25) is 0 Å². The van der Waals surface area contributed by atoms with E-state index >= 15 is 0 Å². The van der Waals surface area contributed by atoms with Gasteiger partial charge in [-0.05, 0) is 62.3 Å². The van der Waals surface area contributed by atoms with E-state index in [9.17, 15) is 4.39 Å². The number of hydrogen-bond acceptors (Lipinski definition) is 1. The van der Waals surface area contributed by atoms with Crippen molar-refractivity contribution >= 4 is 37.1 Å².